The summed E-state index contributed by atoms with van der Waals surface area (Å²) in [5.41, 5.74) is 0. The van der Waals surface area contributed by atoms with E-state index in [-0.39, 0.29) is 0 Å². The highest BCUT2D eigenvalue weighted by Gasteiger charge is 2.32. The van der Waals surface area contributed by atoms with Gasteiger partial charge in [0.15, 0.2) is 0 Å². The molecule has 0 aromatic heterocycles. The maximum absolute atomic E-state index is 4.59. The van der Waals surface area contributed by atoms with Crippen LogP contribution in [-0.4, -0.2) is 10.1 Å². The van der Waals surface area contributed by atoms with Crippen molar-refractivity contribution < 1.29 is 0 Å². The molecule has 0 N–H and O–H groups in total. The second-order valence-corrected chi connectivity index (χ2v) is 7.54. The van der Waals surface area contributed by atoms with E-state index in [0.29, 0.717) is 5.25 Å². The molecule has 2 aliphatic rings. The molecule has 2 rings (SSSR count). The molecule has 15 heavy (non-hydrogen) atoms. The molecule has 0 aromatic carbocycles. The predicted molar refractivity (Wildman–Crippen MR) is 74.0 cm³/mol. The smallest absolute Gasteiger partial charge is 0.0171 e. The molecule has 2 heteroatoms. The second-order valence-electron chi connectivity index (χ2n) is 5.64. The van der Waals surface area contributed by atoms with Gasteiger partial charge in [0.25, 0.3) is 0 Å². The van der Waals surface area contributed by atoms with Gasteiger partial charge in [-0.2, -0.15) is 12.6 Å². The van der Waals surface area contributed by atoms with Crippen molar-refractivity contribution in [2.75, 3.05) is 0 Å². The van der Waals surface area contributed by atoms with Gasteiger partial charge < -0.3 is 0 Å². The topological polar surface area (TPSA) is 0 Å². The minimum Gasteiger partial charge on any atom is -0.176 e. The predicted octanol–water partition coefficient (Wildman–Crippen LogP) is 4.67. The van der Waals surface area contributed by atoms with Crippen LogP contribution < -0.4 is 0 Å². The van der Waals surface area contributed by atoms with Gasteiger partial charge in [0, 0.05) is 10.1 Å². The summed E-state index contributed by atoms with van der Waals surface area (Å²) < 4.78 is 0. The first kappa shape index (κ1) is 12.3. The fourth-order valence-corrected chi connectivity index (χ4v) is 4.18. The molecule has 2 saturated carbocycles. The standard InChI is InChI=1S/C13H23BrS/c1-9-8-11(4-7-13(9)14)10-2-5-12(15)6-3-10/h9-13,15H,2-8H2,1H3. The first-order valence-corrected chi connectivity index (χ1v) is 7.92. The quantitative estimate of drug-likeness (QED) is 0.526. The first-order valence-electron chi connectivity index (χ1n) is 6.49. The highest BCUT2D eigenvalue weighted by atomic mass is 79.9. The summed E-state index contributed by atoms with van der Waals surface area (Å²) in [6.45, 7) is 2.41. The highest BCUT2D eigenvalue weighted by molar-refractivity contribution is 9.09. The van der Waals surface area contributed by atoms with E-state index in [1.807, 2.05) is 0 Å². The molecule has 0 amide bonds. The maximum Gasteiger partial charge on any atom is 0.0171 e. The molecule has 0 spiro atoms. The monoisotopic (exact) mass is 290 g/mol. The minimum atomic E-state index is 0.700. The van der Waals surface area contributed by atoms with Crippen molar-refractivity contribution in [1.29, 1.82) is 0 Å². The molecule has 0 aliphatic heterocycles. The van der Waals surface area contributed by atoms with Crippen molar-refractivity contribution in [3.8, 4) is 0 Å². The zero-order chi connectivity index (χ0) is 10.8. The second kappa shape index (κ2) is 5.44. The summed E-state index contributed by atoms with van der Waals surface area (Å²) in [6, 6.07) is 0. The van der Waals surface area contributed by atoms with E-state index in [0.717, 1.165) is 22.6 Å². The van der Waals surface area contributed by atoms with Crippen LogP contribution in [0.15, 0.2) is 0 Å². The lowest BCUT2D eigenvalue weighted by atomic mass is 9.71. The summed E-state index contributed by atoms with van der Waals surface area (Å²) >= 11 is 8.39. The Labute approximate surface area is 108 Å². The summed E-state index contributed by atoms with van der Waals surface area (Å²) in [6.07, 6.45) is 9.91. The number of alkyl halides is 1. The van der Waals surface area contributed by atoms with Crippen LogP contribution in [0.4, 0.5) is 0 Å². The molecule has 0 bridgehead atoms. The number of halogens is 1. The fraction of sp³-hybridized carbons (Fsp3) is 1.00. The molecule has 0 nitrogen and oxygen atoms in total. The molecule has 0 heterocycles. The Hall–Kier alpha value is 0.830. The molecule has 3 unspecified atom stereocenters. The van der Waals surface area contributed by atoms with E-state index in [2.05, 4.69) is 35.5 Å². The van der Waals surface area contributed by atoms with Gasteiger partial charge >= 0.3 is 0 Å². The Morgan fingerprint density at radius 2 is 1.53 bits per heavy atom. The molecule has 3 atom stereocenters. The van der Waals surface area contributed by atoms with E-state index in [1.54, 1.807) is 0 Å². The Kier molecular flexibility index (Phi) is 4.46. The highest BCUT2D eigenvalue weighted by Crippen LogP contribution is 2.42. The molecule has 0 aromatic rings. The van der Waals surface area contributed by atoms with Gasteiger partial charge in [-0.1, -0.05) is 22.9 Å². The van der Waals surface area contributed by atoms with Gasteiger partial charge in [-0.3, -0.25) is 0 Å². The van der Waals surface area contributed by atoms with Crippen LogP contribution in [0.2, 0.25) is 0 Å². The Bertz CT molecular complexity index is 199. The van der Waals surface area contributed by atoms with Gasteiger partial charge in [0.1, 0.15) is 0 Å². The third-order valence-electron chi connectivity index (χ3n) is 4.51. The normalized spacial score (nSPS) is 47.8. The van der Waals surface area contributed by atoms with Crippen LogP contribution in [0.5, 0.6) is 0 Å². The molecule has 0 saturated heterocycles. The van der Waals surface area contributed by atoms with Crippen LogP contribution >= 0.6 is 28.6 Å². The maximum atomic E-state index is 4.59. The number of rotatable bonds is 1. The lowest BCUT2D eigenvalue weighted by molar-refractivity contribution is 0.173. The van der Waals surface area contributed by atoms with E-state index >= 15 is 0 Å². The minimum absolute atomic E-state index is 0.700. The van der Waals surface area contributed by atoms with Crippen LogP contribution in [0.25, 0.3) is 0 Å². The summed E-state index contributed by atoms with van der Waals surface area (Å²) in [5, 5.41) is 0.700. The van der Waals surface area contributed by atoms with Crippen LogP contribution in [0.3, 0.4) is 0 Å². The zero-order valence-corrected chi connectivity index (χ0v) is 12.1. The Morgan fingerprint density at radius 3 is 2.13 bits per heavy atom. The zero-order valence-electron chi connectivity index (χ0n) is 9.66. The van der Waals surface area contributed by atoms with Crippen molar-refractivity contribution in [2.24, 2.45) is 17.8 Å². The molecule has 2 aliphatic carbocycles. The fourth-order valence-electron chi connectivity index (χ4n) is 3.40. The Morgan fingerprint density at radius 1 is 0.933 bits per heavy atom. The van der Waals surface area contributed by atoms with Gasteiger partial charge in [-0.05, 0) is 62.7 Å². The van der Waals surface area contributed by atoms with E-state index in [4.69, 9.17) is 0 Å². The van der Waals surface area contributed by atoms with E-state index in [1.165, 1.54) is 44.9 Å². The lowest BCUT2D eigenvalue weighted by Crippen LogP contribution is -2.30. The van der Waals surface area contributed by atoms with Gasteiger partial charge in [-0.25, -0.2) is 0 Å². The summed E-state index contributed by atoms with van der Waals surface area (Å²) in [7, 11) is 0. The summed E-state index contributed by atoms with van der Waals surface area (Å²) in [4.78, 5) is 0.787. The van der Waals surface area contributed by atoms with E-state index in [9.17, 15) is 0 Å². The SMILES string of the molecule is CC1CC(C2CCC(S)CC2)CCC1Br. The van der Waals surface area contributed by atoms with Crippen molar-refractivity contribution in [3.05, 3.63) is 0 Å². The van der Waals surface area contributed by atoms with Gasteiger partial charge in [-0.15, -0.1) is 0 Å². The van der Waals surface area contributed by atoms with Crippen molar-refractivity contribution in [1.82, 2.24) is 0 Å². The Balaban J connectivity index is 1.84. The number of hydrogen-bond acceptors (Lipinski definition) is 1. The third-order valence-corrected chi connectivity index (χ3v) is 6.39. The van der Waals surface area contributed by atoms with Crippen molar-refractivity contribution >= 4 is 28.6 Å². The molecular weight excluding hydrogens is 268 g/mol. The number of thiol groups is 1. The molecule has 2 fully saturated rings. The van der Waals surface area contributed by atoms with Crippen molar-refractivity contribution in [2.45, 2.75) is 61.9 Å². The van der Waals surface area contributed by atoms with Crippen LogP contribution in [0, 0.1) is 17.8 Å². The van der Waals surface area contributed by atoms with E-state index < -0.39 is 0 Å². The van der Waals surface area contributed by atoms with Gasteiger partial charge in [0.05, 0.1) is 0 Å². The summed E-state index contributed by atoms with van der Waals surface area (Å²) in [5.74, 6) is 2.93. The van der Waals surface area contributed by atoms with Gasteiger partial charge in [0.2, 0.25) is 0 Å². The molecule has 88 valence electrons. The van der Waals surface area contributed by atoms with Crippen molar-refractivity contribution in [3.63, 3.8) is 0 Å². The average molecular weight is 291 g/mol. The third kappa shape index (κ3) is 3.15. The first-order chi connectivity index (χ1) is 7.16. The average Bonchev–Trinajstić information content (AvgIpc) is 2.23. The van der Waals surface area contributed by atoms with Crippen LogP contribution in [0.1, 0.15) is 51.9 Å². The largest absolute Gasteiger partial charge is 0.176 e. The lowest BCUT2D eigenvalue weighted by Gasteiger charge is -2.38. The van der Waals surface area contributed by atoms with Crippen LogP contribution in [-0.2, 0) is 0 Å². The molecular formula is C13H23BrS. The number of hydrogen-bond donors (Lipinski definition) is 1. The molecule has 0 radical (unpaired) electrons.